The number of hydrogen-bond acceptors (Lipinski definition) is 2. The standard InChI is InChI=1S/C8H14N3/c1-3-5-11(4-2)8-6-9-10-7-8/h6H,3-5H2,1-2H3,(H,9,10). The zero-order valence-corrected chi connectivity index (χ0v) is 7.09. The number of aromatic nitrogens is 2. The molecule has 0 aliphatic heterocycles. The van der Waals surface area contributed by atoms with Gasteiger partial charge in [-0.05, 0) is 13.3 Å². The van der Waals surface area contributed by atoms with Gasteiger partial charge in [0.05, 0.1) is 5.69 Å². The fourth-order valence-electron chi connectivity index (χ4n) is 1.10. The van der Waals surface area contributed by atoms with Crippen LogP contribution in [0.2, 0.25) is 0 Å². The second-order valence-corrected chi connectivity index (χ2v) is 2.46. The van der Waals surface area contributed by atoms with Crippen LogP contribution in [0.5, 0.6) is 0 Å². The van der Waals surface area contributed by atoms with Crippen LogP contribution in [0.25, 0.3) is 0 Å². The first-order valence-electron chi connectivity index (χ1n) is 4.04. The third-order valence-electron chi connectivity index (χ3n) is 1.65. The van der Waals surface area contributed by atoms with Crippen molar-refractivity contribution < 1.29 is 0 Å². The highest BCUT2D eigenvalue weighted by molar-refractivity contribution is 5.40. The van der Waals surface area contributed by atoms with E-state index >= 15 is 0 Å². The summed E-state index contributed by atoms with van der Waals surface area (Å²) >= 11 is 0. The highest BCUT2D eigenvalue weighted by Crippen LogP contribution is 2.09. The Morgan fingerprint density at radius 3 is 2.91 bits per heavy atom. The molecule has 0 bridgehead atoms. The number of nitrogens with zero attached hydrogens (tertiary/aromatic N) is 2. The minimum Gasteiger partial charge on any atom is -0.369 e. The molecule has 0 saturated heterocycles. The topological polar surface area (TPSA) is 31.9 Å². The lowest BCUT2D eigenvalue weighted by molar-refractivity contribution is 0.791. The Hall–Kier alpha value is -0.990. The minimum atomic E-state index is 1.02. The van der Waals surface area contributed by atoms with E-state index in [1.54, 1.807) is 0 Å². The molecule has 61 valence electrons. The molecule has 1 heterocycles. The number of aromatic amines is 1. The summed E-state index contributed by atoms with van der Waals surface area (Å²) in [6.07, 6.45) is 5.93. The summed E-state index contributed by atoms with van der Waals surface area (Å²) in [4.78, 5) is 2.24. The molecule has 0 aliphatic rings. The van der Waals surface area contributed by atoms with Crippen LogP contribution in [0.4, 0.5) is 5.69 Å². The maximum absolute atomic E-state index is 3.78. The predicted molar refractivity (Wildman–Crippen MR) is 45.6 cm³/mol. The van der Waals surface area contributed by atoms with Crippen molar-refractivity contribution in [2.45, 2.75) is 20.3 Å². The fraction of sp³-hybridized carbons (Fsp3) is 0.625. The molecule has 0 fully saturated rings. The first kappa shape index (κ1) is 8.11. The van der Waals surface area contributed by atoms with E-state index in [0.717, 1.165) is 25.2 Å². The maximum atomic E-state index is 3.78. The van der Waals surface area contributed by atoms with E-state index in [-0.39, 0.29) is 0 Å². The molecule has 11 heavy (non-hydrogen) atoms. The number of nitrogens with one attached hydrogen (secondary N) is 1. The van der Waals surface area contributed by atoms with Gasteiger partial charge in [-0.2, -0.15) is 5.10 Å². The second-order valence-electron chi connectivity index (χ2n) is 2.46. The van der Waals surface area contributed by atoms with Gasteiger partial charge in [-0.3, -0.25) is 5.10 Å². The molecule has 0 atom stereocenters. The molecule has 0 aliphatic carbocycles. The van der Waals surface area contributed by atoms with Crippen LogP contribution in [0.1, 0.15) is 20.3 Å². The third-order valence-corrected chi connectivity index (χ3v) is 1.65. The summed E-state index contributed by atoms with van der Waals surface area (Å²) in [5, 5.41) is 6.54. The molecular formula is C8H14N3. The van der Waals surface area contributed by atoms with Gasteiger partial charge in [-0.25, -0.2) is 0 Å². The Labute approximate surface area is 67.4 Å². The number of hydrogen-bond donors (Lipinski definition) is 1. The average Bonchev–Trinajstić information content (AvgIpc) is 2.52. The number of anilines is 1. The molecule has 0 amide bonds. The van der Waals surface area contributed by atoms with Crippen molar-refractivity contribution in [2.24, 2.45) is 0 Å². The Bertz CT molecular complexity index is 181. The third kappa shape index (κ3) is 1.97. The van der Waals surface area contributed by atoms with Gasteiger partial charge in [0, 0.05) is 19.3 Å². The van der Waals surface area contributed by atoms with E-state index in [1.807, 2.05) is 6.20 Å². The highest BCUT2D eigenvalue weighted by atomic mass is 15.2. The van der Waals surface area contributed by atoms with Crippen LogP contribution < -0.4 is 4.90 Å². The van der Waals surface area contributed by atoms with Crippen molar-refractivity contribution >= 4 is 5.69 Å². The van der Waals surface area contributed by atoms with Gasteiger partial charge >= 0.3 is 0 Å². The summed E-state index contributed by atoms with van der Waals surface area (Å²) in [6.45, 7) is 6.40. The molecule has 1 aromatic heterocycles. The summed E-state index contributed by atoms with van der Waals surface area (Å²) in [5.41, 5.74) is 1.06. The van der Waals surface area contributed by atoms with Crippen molar-refractivity contribution in [3.05, 3.63) is 12.4 Å². The van der Waals surface area contributed by atoms with Crippen molar-refractivity contribution in [1.29, 1.82) is 0 Å². The molecule has 1 radical (unpaired) electrons. The van der Waals surface area contributed by atoms with Crippen LogP contribution in [0, 0.1) is 6.20 Å². The molecule has 0 saturated carbocycles. The summed E-state index contributed by atoms with van der Waals surface area (Å²) in [7, 11) is 0. The van der Waals surface area contributed by atoms with Crippen molar-refractivity contribution in [1.82, 2.24) is 10.2 Å². The lowest BCUT2D eigenvalue weighted by Crippen LogP contribution is -2.22. The van der Waals surface area contributed by atoms with Gasteiger partial charge in [-0.15, -0.1) is 0 Å². The maximum Gasteiger partial charge on any atom is 0.138 e. The Balaban J connectivity index is 2.56. The molecule has 3 nitrogen and oxygen atoms in total. The molecule has 1 aromatic rings. The summed E-state index contributed by atoms with van der Waals surface area (Å²) in [5.74, 6) is 0. The number of rotatable bonds is 4. The largest absolute Gasteiger partial charge is 0.369 e. The molecule has 3 heteroatoms. The van der Waals surface area contributed by atoms with Gasteiger partial charge < -0.3 is 4.90 Å². The summed E-state index contributed by atoms with van der Waals surface area (Å²) in [6, 6.07) is 0. The SMILES string of the molecule is CCCN(CC)c1[c]n[nH]c1. The lowest BCUT2D eigenvalue weighted by Gasteiger charge is -2.19. The van der Waals surface area contributed by atoms with Crippen LogP contribution in [-0.2, 0) is 0 Å². The zero-order chi connectivity index (χ0) is 8.10. The second kappa shape index (κ2) is 4.01. The van der Waals surface area contributed by atoms with Crippen LogP contribution >= 0.6 is 0 Å². The molecule has 0 spiro atoms. The van der Waals surface area contributed by atoms with E-state index in [2.05, 4.69) is 35.1 Å². The van der Waals surface area contributed by atoms with E-state index in [4.69, 9.17) is 0 Å². The molecule has 0 unspecified atom stereocenters. The Morgan fingerprint density at radius 1 is 1.64 bits per heavy atom. The first-order chi connectivity index (χ1) is 5.38. The van der Waals surface area contributed by atoms with Crippen molar-refractivity contribution in [2.75, 3.05) is 18.0 Å². The van der Waals surface area contributed by atoms with E-state index < -0.39 is 0 Å². The monoisotopic (exact) mass is 152 g/mol. The Morgan fingerprint density at radius 2 is 2.45 bits per heavy atom. The smallest absolute Gasteiger partial charge is 0.138 e. The molecule has 1 N–H and O–H groups in total. The van der Waals surface area contributed by atoms with Gasteiger partial charge in [0.2, 0.25) is 0 Å². The predicted octanol–water partition coefficient (Wildman–Crippen LogP) is 1.45. The first-order valence-corrected chi connectivity index (χ1v) is 4.04. The lowest BCUT2D eigenvalue weighted by atomic mass is 10.4. The van der Waals surface area contributed by atoms with Gasteiger partial charge in [-0.1, -0.05) is 6.92 Å². The van der Waals surface area contributed by atoms with E-state index in [0.29, 0.717) is 0 Å². The minimum absolute atomic E-state index is 1.02. The zero-order valence-electron chi connectivity index (χ0n) is 7.09. The average molecular weight is 152 g/mol. The number of H-pyrrole nitrogens is 1. The quantitative estimate of drug-likeness (QED) is 0.708. The molecular weight excluding hydrogens is 138 g/mol. The molecule has 0 aromatic carbocycles. The fourth-order valence-corrected chi connectivity index (χ4v) is 1.10. The van der Waals surface area contributed by atoms with Crippen LogP contribution in [0.15, 0.2) is 6.20 Å². The van der Waals surface area contributed by atoms with Crippen LogP contribution in [0.3, 0.4) is 0 Å². The molecule has 1 rings (SSSR count). The van der Waals surface area contributed by atoms with Gasteiger partial charge in [0.25, 0.3) is 0 Å². The van der Waals surface area contributed by atoms with Crippen LogP contribution in [-0.4, -0.2) is 23.3 Å². The Kier molecular flexibility index (Phi) is 2.95. The summed E-state index contributed by atoms with van der Waals surface area (Å²) < 4.78 is 0. The van der Waals surface area contributed by atoms with E-state index in [9.17, 15) is 0 Å². The van der Waals surface area contributed by atoms with Gasteiger partial charge in [0.1, 0.15) is 6.20 Å². The normalized spacial score (nSPS) is 10.0. The van der Waals surface area contributed by atoms with E-state index in [1.165, 1.54) is 0 Å². The van der Waals surface area contributed by atoms with Crippen molar-refractivity contribution in [3.63, 3.8) is 0 Å². The highest BCUT2D eigenvalue weighted by Gasteiger charge is 2.02. The van der Waals surface area contributed by atoms with Gasteiger partial charge in [0.15, 0.2) is 0 Å². The van der Waals surface area contributed by atoms with Crippen molar-refractivity contribution in [3.8, 4) is 0 Å².